The number of likely N-dealkylation sites (tertiary alicyclic amines) is 1. The first-order chi connectivity index (χ1) is 18.0. The van der Waals surface area contributed by atoms with Crippen molar-refractivity contribution in [3.05, 3.63) is 94.3 Å². The molecule has 5 rings (SSSR count). The molecule has 1 aromatic heterocycles. The molecule has 2 heterocycles. The smallest absolute Gasteiger partial charge is 0.241 e. The lowest BCUT2D eigenvalue weighted by Crippen LogP contribution is -2.40. The third kappa shape index (κ3) is 6.89. The summed E-state index contributed by atoms with van der Waals surface area (Å²) in [6.07, 6.45) is 1.83. The molecule has 0 radical (unpaired) electrons. The van der Waals surface area contributed by atoms with E-state index in [0.717, 1.165) is 46.4 Å². The summed E-state index contributed by atoms with van der Waals surface area (Å²) >= 11 is 5.26. The Morgan fingerprint density at radius 2 is 1.95 bits per heavy atom. The minimum absolute atomic E-state index is 0.0697. The van der Waals surface area contributed by atoms with Gasteiger partial charge in [-0.1, -0.05) is 51.4 Å². The predicted molar refractivity (Wildman–Crippen MR) is 151 cm³/mol. The maximum atomic E-state index is 13.1. The summed E-state index contributed by atoms with van der Waals surface area (Å²) in [4.78, 5) is 21.2. The molecule has 1 amide bonds. The van der Waals surface area contributed by atoms with Crippen molar-refractivity contribution in [1.29, 1.82) is 0 Å². The Balaban J connectivity index is 1.15. The van der Waals surface area contributed by atoms with Crippen molar-refractivity contribution in [3.63, 3.8) is 0 Å². The molecule has 37 heavy (non-hydrogen) atoms. The maximum Gasteiger partial charge on any atom is 0.241 e. The number of nitrogens with one attached hydrogen (secondary N) is 1. The third-order valence-electron chi connectivity index (χ3n) is 6.50. The van der Waals surface area contributed by atoms with E-state index < -0.39 is 0 Å². The Bertz CT molecular complexity index is 1340. The molecule has 0 aliphatic carbocycles. The van der Waals surface area contributed by atoms with E-state index in [4.69, 9.17) is 4.52 Å². The fourth-order valence-electron chi connectivity index (χ4n) is 4.51. The predicted octanol–water partition coefficient (Wildman–Crippen LogP) is 6.95. The van der Waals surface area contributed by atoms with E-state index in [9.17, 15) is 4.79 Å². The van der Waals surface area contributed by atoms with Gasteiger partial charge in [-0.05, 0) is 79.9 Å². The summed E-state index contributed by atoms with van der Waals surface area (Å²) in [6.45, 7) is 4.18. The Morgan fingerprint density at radius 3 is 2.73 bits per heavy atom. The average Bonchev–Trinajstić information content (AvgIpc) is 3.38. The number of carbonyl (C=O) groups excluding carboxylic acids is 1. The number of carbonyl (C=O) groups is 1. The van der Waals surface area contributed by atoms with Crippen molar-refractivity contribution in [1.82, 2.24) is 15.0 Å². The van der Waals surface area contributed by atoms with Crippen LogP contribution in [0.2, 0.25) is 0 Å². The summed E-state index contributed by atoms with van der Waals surface area (Å²) in [5.41, 5.74) is 4.12. The zero-order valence-corrected chi connectivity index (χ0v) is 23.1. The van der Waals surface area contributed by atoms with Crippen molar-refractivity contribution < 1.29 is 9.32 Å². The molecule has 1 N–H and O–H groups in total. The first-order valence-corrected chi connectivity index (χ1v) is 14.2. The van der Waals surface area contributed by atoms with Gasteiger partial charge in [0.15, 0.2) is 0 Å². The van der Waals surface area contributed by atoms with E-state index in [0.29, 0.717) is 24.8 Å². The largest absolute Gasteiger partial charge is 0.338 e. The van der Waals surface area contributed by atoms with Crippen LogP contribution in [0.25, 0.3) is 11.4 Å². The van der Waals surface area contributed by atoms with Crippen molar-refractivity contribution in [2.24, 2.45) is 5.92 Å². The molecule has 8 heteroatoms. The van der Waals surface area contributed by atoms with Gasteiger partial charge in [0.1, 0.15) is 0 Å². The number of anilines is 1. The second-order valence-corrected chi connectivity index (χ2v) is 11.3. The highest BCUT2D eigenvalue weighted by atomic mass is 79.9. The van der Waals surface area contributed by atoms with Gasteiger partial charge in [-0.25, -0.2) is 0 Å². The van der Waals surface area contributed by atoms with Gasteiger partial charge in [-0.2, -0.15) is 4.98 Å². The van der Waals surface area contributed by atoms with Gasteiger partial charge >= 0.3 is 0 Å². The number of piperidine rings is 1. The number of nitrogens with zero attached hydrogens (tertiary/aromatic N) is 3. The van der Waals surface area contributed by atoms with Crippen molar-refractivity contribution in [3.8, 4) is 11.4 Å². The number of aryl methyl sites for hydroxylation is 1. The van der Waals surface area contributed by atoms with Gasteiger partial charge in [-0.15, -0.1) is 11.8 Å². The normalized spacial score (nSPS) is 16.0. The van der Waals surface area contributed by atoms with E-state index in [1.54, 1.807) is 0 Å². The number of hydrogen-bond acceptors (Lipinski definition) is 6. The highest BCUT2D eigenvalue weighted by Crippen LogP contribution is 2.27. The Morgan fingerprint density at radius 1 is 1.14 bits per heavy atom. The number of halogens is 1. The van der Waals surface area contributed by atoms with Crippen LogP contribution in [-0.4, -0.2) is 34.0 Å². The highest BCUT2D eigenvalue weighted by Gasteiger charge is 2.27. The lowest BCUT2D eigenvalue weighted by molar-refractivity contribution is -0.121. The van der Waals surface area contributed by atoms with Crippen LogP contribution in [0.4, 0.5) is 5.69 Å². The van der Waals surface area contributed by atoms with Crippen LogP contribution in [0.3, 0.4) is 0 Å². The molecule has 1 fully saturated rings. The van der Waals surface area contributed by atoms with E-state index in [1.807, 2.05) is 48.2 Å². The number of benzene rings is 3. The standard InChI is InChI=1S/C29H29BrN4O2S/c1-20-16-21(19-37-25-7-3-2-4-8-25)9-14-26(20)31-29(35)23-6-5-15-34(17-23)18-27-32-28(33-36-27)22-10-12-24(30)13-11-22/h2-4,7-14,16,23H,5-6,15,17-19H2,1H3,(H,31,35). The Kier molecular flexibility index (Phi) is 8.38. The zero-order chi connectivity index (χ0) is 25.6. The second kappa shape index (κ2) is 12.1. The van der Waals surface area contributed by atoms with Crippen LogP contribution in [0.5, 0.6) is 0 Å². The van der Waals surface area contributed by atoms with Gasteiger partial charge in [0.25, 0.3) is 0 Å². The molecule has 190 valence electrons. The van der Waals surface area contributed by atoms with E-state index >= 15 is 0 Å². The quantitative estimate of drug-likeness (QED) is 0.229. The summed E-state index contributed by atoms with van der Waals surface area (Å²) < 4.78 is 6.51. The van der Waals surface area contributed by atoms with Crippen molar-refractivity contribution in [2.75, 3.05) is 18.4 Å². The molecular weight excluding hydrogens is 548 g/mol. The molecule has 1 atom stereocenters. The molecule has 1 aliphatic rings. The van der Waals surface area contributed by atoms with Crippen molar-refractivity contribution in [2.45, 2.75) is 37.0 Å². The van der Waals surface area contributed by atoms with Crippen LogP contribution in [-0.2, 0) is 17.1 Å². The maximum absolute atomic E-state index is 13.1. The van der Waals surface area contributed by atoms with Crippen molar-refractivity contribution >= 4 is 39.3 Å². The number of amides is 1. The summed E-state index contributed by atoms with van der Waals surface area (Å²) in [5.74, 6) is 2.04. The Hall–Kier alpha value is -2.94. The molecule has 1 aliphatic heterocycles. The minimum Gasteiger partial charge on any atom is -0.338 e. The van der Waals surface area contributed by atoms with Gasteiger partial charge in [-0.3, -0.25) is 9.69 Å². The van der Waals surface area contributed by atoms with Crippen LogP contribution in [0.1, 0.15) is 29.9 Å². The van der Waals surface area contributed by atoms with Crippen LogP contribution >= 0.6 is 27.7 Å². The molecule has 1 saturated heterocycles. The number of rotatable bonds is 8. The third-order valence-corrected chi connectivity index (χ3v) is 8.11. The van der Waals surface area contributed by atoms with Crippen LogP contribution < -0.4 is 5.32 Å². The van der Waals surface area contributed by atoms with E-state index in [1.165, 1.54) is 10.5 Å². The monoisotopic (exact) mass is 576 g/mol. The first kappa shape index (κ1) is 25.7. The molecule has 0 bridgehead atoms. The minimum atomic E-state index is -0.0738. The number of aromatic nitrogens is 2. The molecule has 0 saturated carbocycles. The molecule has 4 aromatic rings. The Labute approximate surface area is 230 Å². The lowest BCUT2D eigenvalue weighted by atomic mass is 9.96. The highest BCUT2D eigenvalue weighted by molar-refractivity contribution is 9.10. The molecule has 3 aromatic carbocycles. The van der Waals surface area contributed by atoms with Crippen LogP contribution in [0.15, 0.2) is 86.7 Å². The van der Waals surface area contributed by atoms with Crippen LogP contribution in [0, 0.1) is 12.8 Å². The first-order valence-electron chi connectivity index (χ1n) is 12.4. The summed E-state index contributed by atoms with van der Waals surface area (Å²) in [5, 5.41) is 7.30. The second-order valence-electron chi connectivity index (χ2n) is 9.33. The summed E-state index contributed by atoms with van der Waals surface area (Å²) in [7, 11) is 0. The van der Waals surface area contributed by atoms with Gasteiger partial charge < -0.3 is 9.84 Å². The fourth-order valence-corrected chi connectivity index (χ4v) is 5.64. The number of thioether (sulfide) groups is 1. The zero-order valence-electron chi connectivity index (χ0n) is 20.7. The molecule has 1 unspecified atom stereocenters. The fraction of sp³-hybridized carbons (Fsp3) is 0.276. The van der Waals surface area contributed by atoms with Gasteiger partial charge in [0, 0.05) is 32.9 Å². The topological polar surface area (TPSA) is 71.3 Å². The van der Waals surface area contributed by atoms with Gasteiger partial charge in [0.05, 0.1) is 12.5 Å². The molecular formula is C29H29BrN4O2S. The van der Waals surface area contributed by atoms with Gasteiger partial charge in [0.2, 0.25) is 17.6 Å². The summed E-state index contributed by atoms with van der Waals surface area (Å²) in [6, 6.07) is 24.5. The lowest BCUT2D eigenvalue weighted by Gasteiger charge is -2.31. The number of hydrogen-bond donors (Lipinski definition) is 1. The van der Waals surface area contributed by atoms with E-state index in [2.05, 4.69) is 79.6 Å². The average molecular weight is 578 g/mol. The molecule has 0 spiro atoms. The molecule has 6 nitrogen and oxygen atoms in total. The van der Waals surface area contributed by atoms with E-state index in [-0.39, 0.29) is 11.8 Å². The SMILES string of the molecule is Cc1cc(CSc2ccccc2)ccc1NC(=O)C1CCCN(Cc2nc(-c3ccc(Br)cc3)no2)C1.